The van der Waals surface area contributed by atoms with E-state index < -0.39 is 45.2 Å². The number of carbonyl (C=O) groups is 4. The number of benzene rings is 1. The zero-order valence-corrected chi connectivity index (χ0v) is 24.5. The molecule has 6 unspecified atom stereocenters. The predicted octanol–water partition coefficient (Wildman–Crippen LogP) is 4.44. The second-order valence-electron chi connectivity index (χ2n) is 11.2. The minimum Gasteiger partial charge on any atom is -0.508 e. The molecule has 11 heteroatoms. The van der Waals surface area contributed by atoms with Crippen LogP contribution in [0.4, 0.5) is 0 Å². The average molecular weight is 640 g/mol. The van der Waals surface area contributed by atoms with Gasteiger partial charge in [0.25, 0.3) is 11.8 Å². The van der Waals surface area contributed by atoms with Gasteiger partial charge in [-0.25, -0.2) is 0 Å². The highest BCUT2D eigenvalue weighted by Gasteiger charge is 2.76. The number of fused-ring (bicyclic) bond motifs is 4. The standard InChI is InChI=1S/C28H29BrCl2N2O6/c1-39-15-7-10-20(34)18(11-15)22-16-8-9-17-21(24(36)33(23(17)35)14-5-3-2-4-6-14)19(16)12-27(30)25(37)32(13-29)26(38)28(22,27)31/h7-8,10-11,14,17,19,21-22,34H,2-6,9,12-13H2,1H3. The first-order chi connectivity index (χ1) is 18.6. The van der Waals surface area contributed by atoms with Crippen molar-refractivity contribution in [2.75, 3.05) is 12.6 Å². The Labute approximate surface area is 244 Å². The first kappa shape index (κ1) is 27.1. The summed E-state index contributed by atoms with van der Waals surface area (Å²) in [5.41, 5.74) is 0.824. The van der Waals surface area contributed by atoms with Gasteiger partial charge in [0.05, 0.1) is 24.4 Å². The van der Waals surface area contributed by atoms with Gasteiger partial charge in [0.1, 0.15) is 11.5 Å². The quantitative estimate of drug-likeness (QED) is 0.226. The van der Waals surface area contributed by atoms with Crippen LogP contribution in [0.1, 0.15) is 56.4 Å². The maximum absolute atomic E-state index is 14.0. The maximum atomic E-state index is 14.0. The van der Waals surface area contributed by atoms with Crippen LogP contribution < -0.4 is 4.74 Å². The lowest BCUT2D eigenvalue weighted by Gasteiger charge is -2.50. The van der Waals surface area contributed by atoms with Crippen molar-refractivity contribution in [3.05, 3.63) is 35.4 Å². The summed E-state index contributed by atoms with van der Waals surface area (Å²) in [6.45, 7) is 0. The van der Waals surface area contributed by atoms with Crippen molar-refractivity contribution >= 4 is 62.8 Å². The smallest absolute Gasteiger partial charge is 0.254 e. The van der Waals surface area contributed by atoms with E-state index in [0.29, 0.717) is 17.7 Å². The predicted molar refractivity (Wildman–Crippen MR) is 147 cm³/mol. The normalized spacial score (nSPS) is 36.6. The highest BCUT2D eigenvalue weighted by Crippen LogP contribution is 2.66. The molecular weight excluding hydrogens is 611 g/mol. The summed E-state index contributed by atoms with van der Waals surface area (Å²) >= 11 is 17.6. The number of halogens is 3. The van der Waals surface area contributed by atoms with Crippen LogP contribution >= 0.6 is 39.1 Å². The second kappa shape index (κ2) is 9.48. The number of hydrogen-bond acceptors (Lipinski definition) is 6. The molecule has 208 valence electrons. The van der Waals surface area contributed by atoms with Crippen molar-refractivity contribution in [1.29, 1.82) is 0 Å². The number of nitrogens with zero attached hydrogens (tertiary/aromatic N) is 2. The van der Waals surface area contributed by atoms with Crippen molar-refractivity contribution in [1.82, 2.24) is 9.80 Å². The van der Waals surface area contributed by atoms with Gasteiger partial charge in [-0.05, 0) is 49.8 Å². The third kappa shape index (κ3) is 3.54. The molecule has 0 spiro atoms. The molecule has 1 aromatic rings. The summed E-state index contributed by atoms with van der Waals surface area (Å²) in [7, 11) is 1.48. The van der Waals surface area contributed by atoms with E-state index in [1.807, 2.05) is 6.08 Å². The van der Waals surface area contributed by atoms with Crippen molar-refractivity contribution in [3.8, 4) is 11.5 Å². The van der Waals surface area contributed by atoms with Crippen LogP contribution in [0, 0.1) is 17.8 Å². The Morgan fingerprint density at radius 1 is 1.05 bits per heavy atom. The monoisotopic (exact) mass is 638 g/mol. The van der Waals surface area contributed by atoms with Gasteiger partial charge in [-0.2, -0.15) is 0 Å². The maximum Gasteiger partial charge on any atom is 0.254 e. The van der Waals surface area contributed by atoms with Crippen LogP contribution in [0.2, 0.25) is 0 Å². The first-order valence-corrected chi connectivity index (χ1v) is 15.2. The molecule has 8 nitrogen and oxygen atoms in total. The van der Waals surface area contributed by atoms with Crippen molar-refractivity contribution < 1.29 is 29.0 Å². The molecule has 4 fully saturated rings. The Hall–Kier alpha value is -2.10. The lowest BCUT2D eigenvalue weighted by molar-refractivity contribution is -0.144. The van der Waals surface area contributed by atoms with Crippen LogP contribution in [0.25, 0.3) is 0 Å². The third-order valence-electron chi connectivity index (χ3n) is 9.53. The molecule has 0 radical (unpaired) electrons. The molecule has 39 heavy (non-hydrogen) atoms. The number of aromatic hydroxyl groups is 1. The number of hydrogen-bond donors (Lipinski definition) is 1. The van der Waals surface area contributed by atoms with Crippen molar-refractivity contribution in [3.63, 3.8) is 0 Å². The first-order valence-electron chi connectivity index (χ1n) is 13.3. The number of allylic oxidation sites excluding steroid dienone is 2. The van der Waals surface area contributed by atoms with E-state index in [-0.39, 0.29) is 41.0 Å². The third-order valence-corrected chi connectivity index (χ3v) is 11.4. The van der Waals surface area contributed by atoms with Crippen molar-refractivity contribution in [2.24, 2.45) is 17.8 Å². The second-order valence-corrected chi connectivity index (χ2v) is 13.0. The van der Waals surface area contributed by atoms with Gasteiger partial charge in [0.15, 0.2) is 9.75 Å². The highest BCUT2D eigenvalue weighted by atomic mass is 79.9. The number of likely N-dealkylation sites (tertiary alicyclic amines) is 2. The summed E-state index contributed by atoms with van der Waals surface area (Å²) in [5, 5.41) is 11.0. The number of imide groups is 2. The summed E-state index contributed by atoms with van der Waals surface area (Å²) in [5.74, 6) is -4.37. The fourth-order valence-corrected chi connectivity index (χ4v) is 9.13. The summed E-state index contributed by atoms with van der Waals surface area (Å²) in [4.78, 5) is 53.8. The molecule has 2 heterocycles. The lowest BCUT2D eigenvalue weighted by Crippen LogP contribution is -2.60. The Kier molecular flexibility index (Phi) is 6.59. The molecule has 1 aromatic carbocycles. The summed E-state index contributed by atoms with van der Waals surface area (Å²) < 4.78 is 5.40. The van der Waals surface area contributed by atoms with E-state index in [2.05, 4.69) is 15.9 Å². The molecular formula is C28H29BrCl2N2O6. The summed E-state index contributed by atoms with van der Waals surface area (Å²) in [6.07, 6.45) is 6.72. The highest BCUT2D eigenvalue weighted by molar-refractivity contribution is 9.09. The van der Waals surface area contributed by atoms with Crippen LogP contribution in [0.5, 0.6) is 11.5 Å². The van der Waals surface area contributed by atoms with Gasteiger partial charge in [-0.3, -0.25) is 29.0 Å². The lowest BCUT2D eigenvalue weighted by atomic mass is 9.56. The molecule has 2 saturated carbocycles. The molecule has 4 amide bonds. The number of rotatable bonds is 4. The molecule has 6 rings (SSSR count). The van der Waals surface area contributed by atoms with Crippen LogP contribution in [0.3, 0.4) is 0 Å². The number of phenols is 1. The molecule has 5 aliphatic rings. The summed E-state index contributed by atoms with van der Waals surface area (Å²) in [6, 6.07) is 4.48. The number of phenolic OH excluding ortho intramolecular Hbond substituents is 1. The fraction of sp³-hybridized carbons (Fsp3) is 0.571. The number of carbonyl (C=O) groups excluding carboxylic acids is 4. The zero-order valence-electron chi connectivity index (χ0n) is 21.4. The van der Waals surface area contributed by atoms with Crippen LogP contribution in [0.15, 0.2) is 29.8 Å². The van der Waals surface area contributed by atoms with E-state index >= 15 is 0 Å². The molecule has 2 aliphatic heterocycles. The molecule has 3 aliphatic carbocycles. The number of amides is 4. The Balaban J connectivity index is 1.52. The van der Waals surface area contributed by atoms with Gasteiger partial charge in [-0.15, -0.1) is 23.2 Å². The molecule has 2 saturated heterocycles. The largest absolute Gasteiger partial charge is 0.508 e. The van der Waals surface area contributed by atoms with Crippen LogP contribution in [-0.2, 0) is 19.2 Å². The van der Waals surface area contributed by atoms with Gasteiger partial charge in [-0.1, -0.05) is 46.8 Å². The van der Waals surface area contributed by atoms with E-state index in [1.54, 1.807) is 12.1 Å². The SMILES string of the molecule is COc1ccc(O)c(C2C3=CCC4C(=O)N(C5CCCCC5)C(=O)C4C3CC3(Cl)C(=O)N(CBr)C(=O)C23Cl)c1. The Morgan fingerprint density at radius 3 is 2.44 bits per heavy atom. The molecule has 6 atom stereocenters. The van der Waals surface area contributed by atoms with Gasteiger partial charge < -0.3 is 9.84 Å². The number of methoxy groups -OCH3 is 1. The Bertz CT molecular complexity index is 1310. The van der Waals surface area contributed by atoms with Gasteiger partial charge in [0.2, 0.25) is 11.8 Å². The Morgan fingerprint density at radius 2 is 1.77 bits per heavy atom. The van der Waals surface area contributed by atoms with Gasteiger partial charge >= 0.3 is 0 Å². The number of ether oxygens (including phenoxy) is 1. The fourth-order valence-electron chi connectivity index (χ4n) is 7.71. The van der Waals surface area contributed by atoms with Crippen molar-refractivity contribution in [2.45, 2.75) is 66.7 Å². The minimum absolute atomic E-state index is 0.0715. The minimum atomic E-state index is -1.97. The van der Waals surface area contributed by atoms with E-state index in [0.717, 1.165) is 37.0 Å². The van der Waals surface area contributed by atoms with E-state index in [4.69, 9.17) is 27.9 Å². The molecule has 0 bridgehead atoms. The average Bonchev–Trinajstić information content (AvgIpc) is 3.27. The molecule has 1 N–H and O–H groups in total. The van der Waals surface area contributed by atoms with Crippen LogP contribution in [-0.4, -0.2) is 66.9 Å². The zero-order chi connectivity index (χ0) is 27.9. The topological polar surface area (TPSA) is 104 Å². The molecule has 0 aromatic heterocycles. The van der Waals surface area contributed by atoms with Gasteiger partial charge in [0, 0.05) is 17.5 Å². The van der Waals surface area contributed by atoms with E-state index in [9.17, 15) is 24.3 Å². The van der Waals surface area contributed by atoms with E-state index in [1.165, 1.54) is 18.1 Å². The number of alkyl halides is 3.